The first-order valence-corrected chi connectivity index (χ1v) is 6.26. The smallest absolute Gasteiger partial charge is 0.161 e. The molecule has 0 aliphatic carbocycles. The molecule has 1 N–H and O–H groups in total. The van der Waals surface area contributed by atoms with Crippen LogP contribution in [0.3, 0.4) is 0 Å². The summed E-state index contributed by atoms with van der Waals surface area (Å²) in [7, 11) is 1.88. The van der Waals surface area contributed by atoms with Gasteiger partial charge in [0.25, 0.3) is 0 Å². The molecule has 0 aliphatic heterocycles. The van der Waals surface area contributed by atoms with Crippen molar-refractivity contribution in [2.24, 2.45) is 0 Å². The van der Waals surface area contributed by atoms with Crippen molar-refractivity contribution in [3.05, 3.63) is 41.1 Å². The first-order chi connectivity index (χ1) is 8.62. The van der Waals surface area contributed by atoms with Gasteiger partial charge < -0.3 is 5.32 Å². The molecule has 1 aromatic carbocycles. The van der Waals surface area contributed by atoms with Crippen LogP contribution in [0.25, 0.3) is 11.4 Å². The zero-order valence-corrected chi connectivity index (χ0v) is 11.4. The summed E-state index contributed by atoms with van der Waals surface area (Å²) in [5.41, 5.74) is 4.62. The molecule has 18 heavy (non-hydrogen) atoms. The Morgan fingerprint density at radius 1 is 1.00 bits per heavy atom. The molecule has 2 rings (SSSR count). The fraction of sp³-hybridized carbons (Fsp3) is 0.333. The maximum atomic E-state index is 4.60. The van der Waals surface area contributed by atoms with Gasteiger partial charge in [-0.2, -0.15) is 0 Å². The van der Waals surface area contributed by atoms with Crippen LogP contribution in [0.2, 0.25) is 0 Å². The van der Waals surface area contributed by atoms with Crippen molar-refractivity contribution in [3.63, 3.8) is 0 Å². The van der Waals surface area contributed by atoms with E-state index in [-0.39, 0.29) is 0 Å². The van der Waals surface area contributed by atoms with Gasteiger partial charge >= 0.3 is 0 Å². The molecule has 94 valence electrons. The lowest BCUT2D eigenvalue weighted by atomic mass is 10.1. The number of hydrogen-bond acceptors (Lipinski definition) is 3. The Morgan fingerprint density at radius 2 is 1.67 bits per heavy atom. The molecule has 0 aliphatic rings. The summed E-state index contributed by atoms with van der Waals surface area (Å²) in [6.45, 7) is 6.30. The van der Waals surface area contributed by atoms with Crippen molar-refractivity contribution < 1.29 is 0 Å². The summed E-state index contributed by atoms with van der Waals surface area (Å²) in [5.74, 6) is 1.67. The second-order valence-electron chi connectivity index (χ2n) is 4.55. The van der Waals surface area contributed by atoms with Crippen LogP contribution in [-0.4, -0.2) is 17.0 Å². The fourth-order valence-electron chi connectivity index (χ4n) is 2.04. The lowest BCUT2D eigenvalue weighted by Crippen LogP contribution is -2.00. The van der Waals surface area contributed by atoms with Crippen LogP contribution in [-0.2, 0) is 6.42 Å². The fourth-order valence-corrected chi connectivity index (χ4v) is 2.04. The van der Waals surface area contributed by atoms with E-state index in [1.54, 1.807) is 0 Å². The zero-order valence-electron chi connectivity index (χ0n) is 11.4. The zero-order chi connectivity index (χ0) is 13.1. The van der Waals surface area contributed by atoms with Crippen LogP contribution in [0, 0.1) is 13.8 Å². The predicted octanol–water partition coefficient (Wildman–Crippen LogP) is 3.36. The van der Waals surface area contributed by atoms with Gasteiger partial charge in [0, 0.05) is 24.4 Å². The van der Waals surface area contributed by atoms with Crippen LogP contribution in [0.15, 0.2) is 24.3 Å². The Labute approximate surface area is 108 Å². The van der Waals surface area contributed by atoms with Crippen molar-refractivity contribution >= 4 is 5.82 Å². The second-order valence-corrected chi connectivity index (χ2v) is 4.55. The standard InChI is InChI=1S/C15H19N3/c1-5-13-9-14(16-4)18-15(17-13)12-7-10(2)6-11(3)8-12/h6-9H,5H2,1-4H3,(H,16,17,18). The van der Waals surface area contributed by atoms with Crippen molar-refractivity contribution in [1.82, 2.24) is 9.97 Å². The minimum absolute atomic E-state index is 0.797. The number of rotatable bonds is 3. The Hall–Kier alpha value is -1.90. The number of nitrogens with one attached hydrogen (secondary N) is 1. The summed E-state index contributed by atoms with van der Waals surface area (Å²) in [4.78, 5) is 9.13. The number of anilines is 1. The minimum atomic E-state index is 0.797. The van der Waals surface area contributed by atoms with Crippen LogP contribution in [0.1, 0.15) is 23.7 Å². The molecule has 0 atom stereocenters. The highest BCUT2D eigenvalue weighted by Crippen LogP contribution is 2.21. The van der Waals surface area contributed by atoms with Gasteiger partial charge in [0.05, 0.1) is 0 Å². The van der Waals surface area contributed by atoms with Crippen LogP contribution >= 0.6 is 0 Å². The number of benzene rings is 1. The Kier molecular flexibility index (Phi) is 3.60. The maximum Gasteiger partial charge on any atom is 0.161 e. The average molecular weight is 241 g/mol. The summed E-state index contributed by atoms with van der Waals surface area (Å²) in [6.07, 6.45) is 0.912. The molecule has 0 radical (unpaired) electrons. The SMILES string of the molecule is CCc1cc(NC)nc(-c2cc(C)cc(C)c2)n1. The Bertz CT molecular complexity index is 519. The highest BCUT2D eigenvalue weighted by Gasteiger charge is 2.06. The lowest BCUT2D eigenvalue weighted by Gasteiger charge is -2.08. The number of hydrogen-bond donors (Lipinski definition) is 1. The van der Waals surface area contributed by atoms with Gasteiger partial charge in [-0.3, -0.25) is 0 Å². The van der Waals surface area contributed by atoms with Gasteiger partial charge in [-0.25, -0.2) is 9.97 Å². The topological polar surface area (TPSA) is 37.8 Å². The third-order valence-electron chi connectivity index (χ3n) is 2.88. The molecule has 3 nitrogen and oxygen atoms in total. The van der Waals surface area contributed by atoms with Gasteiger partial charge in [0.15, 0.2) is 5.82 Å². The lowest BCUT2D eigenvalue weighted by molar-refractivity contribution is 1.00. The van der Waals surface area contributed by atoms with E-state index < -0.39 is 0 Å². The Morgan fingerprint density at radius 3 is 2.22 bits per heavy atom. The molecule has 0 amide bonds. The third-order valence-corrected chi connectivity index (χ3v) is 2.88. The van der Waals surface area contributed by atoms with Gasteiger partial charge in [-0.1, -0.05) is 24.1 Å². The monoisotopic (exact) mass is 241 g/mol. The van der Waals surface area contributed by atoms with Gasteiger partial charge in [-0.15, -0.1) is 0 Å². The highest BCUT2D eigenvalue weighted by atomic mass is 15.0. The summed E-state index contributed by atoms with van der Waals surface area (Å²) >= 11 is 0. The van der Waals surface area contributed by atoms with E-state index in [1.807, 2.05) is 13.1 Å². The van der Waals surface area contributed by atoms with Gasteiger partial charge in [0.1, 0.15) is 5.82 Å². The van der Waals surface area contributed by atoms with Crippen molar-refractivity contribution in [3.8, 4) is 11.4 Å². The van der Waals surface area contributed by atoms with E-state index in [0.29, 0.717) is 0 Å². The van der Waals surface area contributed by atoms with E-state index in [0.717, 1.165) is 29.3 Å². The molecular formula is C15H19N3. The van der Waals surface area contributed by atoms with Crippen LogP contribution in [0.5, 0.6) is 0 Å². The van der Waals surface area contributed by atoms with Crippen LogP contribution in [0.4, 0.5) is 5.82 Å². The molecule has 1 heterocycles. The summed E-state index contributed by atoms with van der Waals surface area (Å²) in [6, 6.07) is 8.40. The van der Waals surface area contributed by atoms with Gasteiger partial charge in [-0.05, 0) is 32.4 Å². The largest absolute Gasteiger partial charge is 0.373 e. The first kappa shape index (κ1) is 12.6. The molecule has 0 saturated carbocycles. The highest BCUT2D eigenvalue weighted by molar-refractivity contribution is 5.59. The van der Waals surface area contributed by atoms with E-state index in [9.17, 15) is 0 Å². The van der Waals surface area contributed by atoms with E-state index in [1.165, 1.54) is 11.1 Å². The Balaban J connectivity index is 2.55. The van der Waals surface area contributed by atoms with Crippen molar-refractivity contribution in [1.29, 1.82) is 0 Å². The number of aromatic nitrogens is 2. The third kappa shape index (κ3) is 2.67. The molecule has 0 bridgehead atoms. The summed E-state index contributed by atoms with van der Waals surface area (Å²) in [5, 5.41) is 3.09. The van der Waals surface area contributed by atoms with E-state index >= 15 is 0 Å². The van der Waals surface area contributed by atoms with Crippen LogP contribution < -0.4 is 5.32 Å². The molecule has 0 saturated heterocycles. The predicted molar refractivity (Wildman–Crippen MR) is 75.9 cm³/mol. The van der Waals surface area contributed by atoms with Crippen molar-refractivity contribution in [2.45, 2.75) is 27.2 Å². The quantitative estimate of drug-likeness (QED) is 0.895. The van der Waals surface area contributed by atoms with E-state index in [2.05, 4.69) is 54.3 Å². The molecule has 3 heteroatoms. The molecule has 2 aromatic rings. The maximum absolute atomic E-state index is 4.60. The normalized spacial score (nSPS) is 10.4. The summed E-state index contributed by atoms with van der Waals surface area (Å²) < 4.78 is 0. The first-order valence-electron chi connectivity index (χ1n) is 6.26. The molecule has 0 fully saturated rings. The average Bonchev–Trinajstić information content (AvgIpc) is 2.37. The second kappa shape index (κ2) is 5.17. The van der Waals surface area contributed by atoms with E-state index in [4.69, 9.17) is 0 Å². The minimum Gasteiger partial charge on any atom is -0.373 e. The molecule has 0 spiro atoms. The van der Waals surface area contributed by atoms with Crippen molar-refractivity contribution in [2.75, 3.05) is 12.4 Å². The van der Waals surface area contributed by atoms with Gasteiger partial charge in [0.2, 0.25) is 0 Å². The number of aryl methyl sites for hydroxylation is 3. The molecule has 1 aromatic heterocycles. The molecular weight excluding hydrogens is 222 g/mol. The molecule has 0 unspecified atom stereocenters. The number of nitrogens with zero attached hydrogens (tertiary/aromatic N) is 2.